The summed E-state index contributed by atoms with van der Waals surface area (Å²) in [7, 11) is 0. The van der Waals surface area contributed by atoms with Crippen LogP contribution in [-0.4, -0.2) is 38.3 Å². The van der Waals surface area contributed by atoms with E-state index in [1.165, 1.54) is 4.88 Å². The fourth-order valence-electron chi connectivity index (χ4n) is 3.29. The van der Waals surface area contributed by atoms with Gasteiger partial charge in [-0.3, -0.25) is 4.79 Å². The van der Waals surface area contributed by atoms with E-state index in [4.69, 9.17) is 0 Å². The van der Waals surface area contributed by atoms with Gasteiger partial charge in [-0.25, -0.2) is 9.97 Å². The van der Waals surface area contributed by atoms with Crippen LogP contribution >= 0.6 is 11.3 Å². The van der Waals surface area contributed by atoms with Gasteiger partial charge in [0.1, 0.15) is 11.3 Å². The number of nitrogens with zero attached hydrogens (tertiary/aromatic N) is 4. The van der Waals surface area contributed by atoms with Crippen molar-refractivity contribution < 1.29 is 4.79 Å². The van der Waals surface area contributed by atoms with E-state index in [2.05, 4.69) is 16.9 Å². The highest BCUT2D eigenvalue weighted by molar-refractivity contribution is 7.11. The standard InChI is InChI=1S/C18H20N4OS/c1-12-5-6-16-20-15(11-22(16)9-12)18(23)21-7-3-4-14(10-21)17-19-8-13(2)24-17/h5-6,8-9,11,14H,3-4,7,10H2,1-2H3/t14-/m1/s1. The Morgan fingerprint density at radius 2 is 2.17 bits per heavy atom. The lowest BCUT2D eigenvalue weighted by Crippen LogP contribution is -2.39. The molecule has 0 aromatic carbocycles. The van der Waals surface area contributed by atoms with E-state index in [-0.39, 0.29) is 5.91 Å². The Bertz CT molecular complexity index is 897. The first-order chi connectivity index (χ1) is 11.6. The molecule has 0 aliphatic carbocycles. The number of fused-ring (bicyclic) bond motifs is 1. The van der Waals surface area contributed by atoms with E-state index in [1.807, 2.05) is 46.9 Å². The van der Waals surface area contributed by atoms with Gasteiger partial charge in [0.2, 0.25) is 0 Å². The van der Waals surface area contributed by atoms with Crippen molar-refractivity contribution in [2.24, 2.45) is 0 Å². The third-order valence-corrected chi connectivity index (χ3v) is 5.59. The Kier molecular flexibility index (Phi) is 3.84. The van der Waals surface area contributed by atoms with E-state index < -0.39 is 0 Å². The molecule has 0 saturated carbocycles. The van der Waals surface area contributed by atoms with Crippen molar-refractivity contribution in [3.8, 4) is 0 Å². The number of carbonyl (C=O) groups is 1. The largest absolute Gasteiger partial charge is 0.337 e. The molecule has 4 heterocycles. The molecule has 0 unspecified atom stereocenters. The number of hydrogen-bond acceptors (Lipinski definition) is 4. The SMILES string of the molecule is Cc1ccc2nc(C(=O)N3CCC[C@@H](c4ncc(C)s4)C3)cn2c1. The van der Waals surface area contributed by atoms with Crippen molar-refractivity contribution in [3.05, 3.63) is 51.9 Å². The lowest BCUT2D eigenvalue weighted by atomic mass is 9.98. The van der Waals surface area contributed by atoms with Gasteiger partial charge in [0.05, 0.1) is 5.01 Å². The number of thiazole rings is 1. The summed E-state index contributed by atoms with van der Waals surface area (Å²) in [6.45, 7) is 5.64. The molecule has 1 saturated heterocycles. The van der Waals surface area contributed by atoms with E-state index >= 15 is 0 Å². The molecule has 124 valence electrons. The molecule has 0 radical (unpaired) electrons. The highest BCUT2D eigenvalue weighted by atomic mass is 32.1. The monoisotopic (exact) mass is 340 g/mol. The number of imidazole rings is 1. The van der Waals surface area contributed by atoms with E-state index in [0.29, 0.717) is 11.6 Å². The van der Waals surface area contributed by atoms with E-state index in [0.717, 1.165) is 42.1 Å². The van der Waals surface area contributed by atoms with Crippen LogP contribution in [0.5, 0.6) is 0 Å². The molecular weight excluding hydrogens is 320 g/mol. The zero-order chi connectivity index (χ0) is 16.7. The topological polar surface area (TPSA) is 50.5 Å². The molecule has 1 fully saturated rings. The zero-order valence-corrected chi connectivity index (χ0v) is 14.7. The predicted molar refractivity (Wildman–Crippen MR) is 94.7 cm³/mol. The maximum absolute atomic E-state index is 12.9. The van der Waals surface area contributed by atoms with Gasteiger partial charge in [0, 0.05) is 42.5 Å². The number of rotatable bonds is 2. The number of piperidine rings is 1. The average molecular weight is 340 g/mol. The Balaban J connectivity index is 1.56. The van der Waals surface area contributed by atoms with Crippen molar-refractivity contribution >= 4 is 22.9 Å². The average Bonchev–Trinajstić information content (AvgIpc) is 3.20. The fourth-order valence-corrected chi connectivity index (χ4v) is 4.19. The van der Waals surface area contributed by atoms with Crippen LogP contribution in [0.25, 0.3) is 5.65 Å². The lowest BCUT2D eigenvalue weighted by molar-refractivity contribution is 0.0702. The number of aryl methyl sites for hydroxylation is 2. The van der Waals surface area contributed by atoms with Crippen LogP contribution in [-0.2, 0) is 0 Å². The normalized spacial score (nSPS) is 18.2. The molecule has 0 bridgehead atoms. The minimum absolute atomic E-state index is 0.0225. The minimum atomic E-state index is 0.0225. The molecule has 3 aromatic rings. The second-order valence-corrected chi connectivity index (χ2v) is 7.76. The summed E-state index contributed by atoms with van der Waals surface area (Å²) < 4.78 is 1.92. The van der Waals surface area contributed by atoms with Gasteiger partial charge in [-0.15, -0.1) is 11.3 Å². The van der Waals surface area contributed by atoms with Gasteiger partial charge in [-0.1, -0.05) is 6.07 Å². The van der Waals surface area contributed by atoms with Crippen LogP contribution in [0.2, 0.25) is 0 Å². The van der Waals surface area contributed by atoms with Gasteiger partial charge in [-0.2, -0.15) is 0 Å². The van der Waals surface area contributed by atoms with Gasteiger partial charge in [0.25, 0.3) is 5.91 Å². The number of carbonyl (C=O) groups excluding carboxylic acids is 1. The van der Waals surface area contributed by atoms with Crippen LogP contribution in [0.1, 0.15) is 44.7 Å². The van der Waals surface area contributed by atoms with Crippen LogP contribution in [0, 0.1) is 13.8 Å². The third-order valence-electron chi connectivity index (χ3n) is 4.52. The van der Waals surface area contributed by atoms with Crippen LogP contribution in [0.3, 0.4) is 0 Å². The summed E-state index contributed by atoms with van der Waals surface area (Å²) in [6.07, 6.45) is 7.87. The summed E-state index contributed by atoms with van der Waals surface area (Å²) in [6, 6.07) is 3.96. The van der Waals surface area contributed by atoms with Crippen LogP contribution in [0.4, 0.5) is 0 Å². The van der Waals surface area contributed by atoms with Crippen molar-refractivity contribution in [1.82, 2.24) is 19.3 Å². The van der Waals surface area contributed by atoms with Crippen LogP contribution < -0.4 is 0 Å². The highest BCUT2D eigenvalue weighted by Crippen LogP contribution is 2.30. The number of likely N-dealkylation sites (tertiary alicyclic amines) is 1. The molecule has 0 N–H and O–H groups in total. The molecule has 1 aliphatic rings. The smallest absolute Gasteiger partial charge is 0.274 e. The number of amides is 1. The first-order valence-electron chi connectivity index (χ1n) is 8.27. The molecule has 1 aliphatic heterocycles. The zero-order valence-electron chi connectivity index (χ0n) is 13.9. The summed E-state index contributed by atoms with van der Waals surface area (Å²) in [5.74, 6) is 0.370. The molecule has 24 heavy (non-hydrogen) atoms. The predicted octanol–water partition coefficient (Wildman–Crippen LogP) is 3.43. The summed E-state index contributed by atoms with van der Waals surface area (Å²) >= 11 is 1.74. The van der Waals surface area contributed by atoms with Crippen molar-refractivity contribution in [3.63, 3.8) is 0 Å². The molecule has 3 aromatic heterocycles. The highest BCUT2D eigenvalue weighted by Gasteiger charge is 2.28. The van der Waals surface area contributed by atoms with E-state index in [1.54, 1.807) is 11.3 Å². The fraction of sp³-hybridized carbons (Fsp3) is 0.389. The van der Waals surface area contributed by atoms with Crippen LogP contribution in [0.15, 0.2) is 30.7 Å². The Morgan fingerprint density at radius 3 is 2.96 bits per heavy atom. The Hall–Kier alpha value is -2.21. The Labute approximate surface area is 145 Å². The number of aromatic nitrogens is 3. The first-order valence-corrected chi connectivity index (χ1v) is 9.09. The molecule has 1 amide bonds. The second kappa shape index (κ2) is 6.02. The maximum atomic E-state index is 12.9. The molecule has 5 nitrogen and oxygen atoms in total. The molecule has 1 atom stereocenters. The molecule has 4 rings (SSSR count). The van der Waals surface area contributed by atoms with Crippen molar-refractivity contribution in [2.75, 3.05) is 13.1 Å². The minimum Gasteiger partial charge on any atom is -0.337 e. The number of pyridine rings is 1. The maximum Gasteiger partial charge on any atom is 0.274 e. The van der Waals surface area contributed by atoms with Gasteiger partial charge >= 0.3 is 0 Å². The van der Waals surface area contributed by atoms with Crippen molar-refractivity contribution in [2.45, 2.75) is 32.6 Å². The molecule has 6 heteroatoms. The molecular formula is C18H20N4OS. The molecule has 0 spiro atoms. The van der Waals surface area contributed by atoms with Crippen molar-refractivity contribution in [1.29, 1.82) is 0 Å². The quantitative estimate of drug-likeness (QED) is 0.718. The summed E-state index contributed by atoms with van der Waals surface area (Å²) in [5, 5.41) is 1.15. The number of hydrogen-bond donors (Lipinski definition) is 0. The summed E-state index contributed by atoms with van der Waals surface area (Å²) in [5.41, 5.74) is 2.49. The Morgan fingerprint density at radius 1 is 1.29 bits per heavy atom. The third kappa shape index (κ3) is 2.82. The van der Waals surface area contributed by atoms with Gasteiger partial charge in [0.15, 0.2) is 0 Å². The van der Waals surface area contributed by atoms with Gasteiger partial charge in [-0.05, 0) is 38.3 Å². The van der Waals surface area contributed by atoms with Gasteiger partial charge < -0.3 is 9.30 Å². The first kappa shape index (κ1) is 15.3. The second-order valence-electron chi connectivity index (χ2n) is 6.50. The summed E-state index contributed by atoms with van der Waals surface area (Å²) in [4.78, 5) is 25.0. The lowest BCUT2D eigenvalue weighted by Gasteiger charge is -2.31. The van der Waals surface area contributed by atoms with E-state index in [9.17, 15) is 4.79 Å².